The molecular weight excluding hydrogens is 427 g/mol. The van der Waals surface area contributed by atoms with Crippen molar-refractivity contribution in [3.8, 4) is 5.69 Å². The van der Waals surface area contributed by atoms with Gasteiger partial charge in [-0.3, -0.25) is 9.78 Å². The predicted molar refractivity (Wildman–Crippen MR) is 107 cm³/mol. The van der Waals surface area contributed by atoms with Crippen LogP contribution in [-0.4, -0.2) is 21.7 Å². The van der Waals surface area contributed by atoms with E-state index in [1.54, 1.807) is 24.5 Å². The van der Waals surface area contributed by atoms with Gasteiger partial charge in [-0.2, -0.15) is 5.10 Å². The number of benzene rings is 1. The SMILES string of the molecule is Cc1cc(/C=N/NC(=O)c2cccnc2)c(C)n1-c1ccc(I)cc1. The highest BCUT2D eigenvalue weighted by Gasteiger charge is 2.09. The molecule has 0 aliphatic heterocycles. The molecule has 3 rings (SSSR count). The molecule has 0 radical (unpaired) electrons. The quantitative estimate of drug-likeness (QED) is 0.378. The van der Waals surface area contributed by atoms with Crippen molar-refractivity contribution in [1.82, 2.24) is 15.0 Å². The Labute approximate surface area is 159 Å². The van der Waals surface area contributed by atoms with Crippen molar-refractivity contribution in [3.63, 3.8) is 0 Å². The van der Waals surface area contributed by atoms with Crippen LogP contribution in [0.1, 0.15) is 27.3 Å². The molecule has 2 aromatic heterocycles. The van der Waals surface area contributed by atoms with Crippen molar-refractivity contribution >= 4 is 34.7 Å². The van der Waals surface area contributed by atoms with Gasteiger partial charge in [0.2, 0.25) is 0 Å². The van der Waals surface area contributed by atoms with Crippen LogP contribution in [0.15, 0.2) is 60.0 Å². The van der Waals surface area contributed by atoms with E-state index in [0.29, 0.717) is 5.56 Å². The third-order valence-corrected chi connectivity index (χ3v) is 4.57. The molecule has 0 aliphatic carbocycles. The van der Waals surface area contributed by atoms with E-state index < -0.39 is 0 Å². The van der Waals surface area contributed by atoms with Crippen LogP contribution in [0.2, 0.25) is 0 Å². The standard InChI is InChI=1S/C19H17IN4O/c1-13-10-16(12-22-23-19(25)15-4-3-9-21-11-15)14(2)24(13)18-7-5-17(20)6-8-18/h3-12H,1-2H3,(H,23,25)/b22-12+. The largest absolute Gasteiger partial charge is 0.318 e. The summed E-state index contributed by atoms with van der Waals surface area (Å²) in [6.45, 7) is 4.09. The summed E-state index contributed by atoms with van der Waals surface area (Å²) in [7, 11) is 0. The molecule has 0 unspecified atom stereocenters. The van der Waals surface area contributed by atoms with Crippen LogP contribution in [0.3, 0.4) is 0 Å². The topological polar surface area (TPSA) is 59.3 Å². The summed E-state index contributed by atoms with van der Waals surface area (Å²) >= 11 is 2.29. The predicted octanol–water partition coefficient (Wildman–Crippen LogP) is 3.86. The molecule has 25 heavy (non-hydrogen) atoms. The van der Waals surface area contributed by atoms with E-state index in [1.807, 2.05) is 13.0 Å². The van der Waals surface area contributed by atoms with Crippen LogP contribution in [0.5, 0.6) is 0 Å². The van der Waals surface area contributed by atoms with Crippen molar-refractivity contribution < 1.29 is 4.79 Å². The Balaban J connectivity index is 1.79. The van der Waals surface area contributed by atoms with E-state index in [4.69, 9.17) is 0 Å². The van der Waals surface area contributed by atoms with Crippen LogP contribution < -0.4 is 5.43 Å². The molecule has 0 saturated carbocycles. The zero-order valence-electron chi connectivity index (χ0n) is 13.9. The number of hydrogen-bond donors (Lipinski definition) is 1. The first-order chi connectivity index (χ1) is 12.1. The van der Waals surface area contributed by atoms with Crippen LogP contribution in [-0.2, 0) is 0 Å². The lowest BCUT2D eigenvalue weighted by Gasteiger charge is -2.09. The minimum absolute atomic E-state index is 0.282. The molecule has 0 spiro atoms. The molecular formula is C19H17IN4O. The first-order valence-corrected chi connectivity index (χ1v) is 8.82. The lowest BCUT2D eigenvalue weighted by molar-refractivity contribution is 0.0955. The number of hydrogen-bond acceptors (Lipinski definition) is 3. The first-order valence-electron chi connectivity index (χ1n) is 7.74. The number of nitrogens with one attached hydrogen (secondary N) is 1. The Morgan fingerprint density at radius 1 is 1.24 bits per heavy atom. The minimum Gasteiger partial charge on any atom is -0.318 e. The van der Waals surface area contributed by atoms with Crippen LogP contribution in [0.25, 0.3) is 5.69 Å². The van der Waals surface area contributed by atoms with Gasteiger partial charge in [-0.05, 0) is 78.9 Å². The van der Waals surface area contributed by atoms with E-state index >= 15 is 0 Å². The number of carbonyl (C=O) groups excluding carboxylic acids is 1. The van der Waals surface area contributed by atoms with Gasteiger partial charge in [-0.1, -0.05) is 0 Å². The maximum absolute atomic E-state index is 12.0. The fourth-order valence-electron chi connectivity index (χ4n) is 2.63. The summed E-state index contributed by atoms with van der Waals surface area (Å²) < 4.78 is 3.36. The molecule has 0 fully saturated rings. The van der Waals surface area contributed by atoms with Gasteiger partial charge in [0.15, 0.2) is 0 Å². The summed E-state index contributed by atoms with van der Waals surface area (Å²) in [6.07, 6.45) is 4.80. The van der Waals surface area contributed by atoms with E-state index in [2.05, 4.69) is 73.9 Å². The Kier molecular flexibility index (Phi) is 5.28. The molecule has 2 heterocycles. The third kappa shape index (κ3) is 3.96. The fourth-order valence-corrected chi connectivity index (χ4v) is 2.99. The second-order valence-corrected chi connectivity index (χ2v) is 6.82. The van der Waals surface area contributed by atoms with Gasteiger partial charge >= 0.3 is 0 Å². The Hall–Kier alpha value is -2.48. The van der Waals surface area contributed by atoms with E-state index in [0.717, 1.165) is 22.6 Å². The van der Waals surface area contributed by atoms with Gasteiger partial charge in [0.05, 0.1) is 11.8 Å². The van der Waals surface area contributed by atoms with Gasteiger partial charge in [0.1, 0.15) is 0 Å². The van der Waals surface area contributed by atoms with Crippen LogP contribution in [0, 0.1) is 17.4 Å². The second kappa shape index (κ2) is 7.60. The molecule has 0 saturated heterocycles. The number of carbonyl (C=O) groups is 1. The summed E-state index contributed by atoms with van der Waals surface area (Å²) in [4.78, 5) is 15.9. The number of aromatic nitrogens is 2. The molecule has 0 atom stereocenters. The number of hydrazone groups is 1. The van der Waals surface area contributed by atoms with Crippen LogP contribution in [0.4, 0.5) is 0 Å². The molecule has 1 N–H and O–H groups in total. The molecule has 0 aliphatic rings. The van der Waals surface area contributed by atoms with Gasteiger partial charge in [0.25, 0.3) is 5.91 Å². The normalized spacial score (nSPS) is 11.0. The molecule has 1 amide bonds. The van der Waals surface area contributed by atoms with Crippen molar-refractivity contribution in [1.29, 1.82) is 0 Å². The number of rotatable bonds is 4. The molecule has 3 aromatic rings. The highest BCUT2D eigenvalue weighted by Crippen LogP contribution is 2.20. The van der Waals surface area contributed by atoms with E-state index in [1.165, 1.54) is 9.77 Å². The Morgan fingerprint density at radius 2 is 2.00 bits per heavy atom. The minimum atomic E-state index is -0.282. The summed E-state index contributed by atoms with van der Waals surface area (Å²) in [6, 6.07) is 13.8. The second-order valence-electron chi connectivity index (χ2n) is 5.58. The Bertz CT molecular complexity index is 915. The monoisotopic (exact) mass is 444 g/mol. The average Bonchev–Trinajstić information content (AvgIpc) is 2.90. The van der Waals surface area contributed by atoms with Gasteiger partial charge in [-0.25, -0.2) is 5.43 Å². The molecule has 6 heteroatoms. The highest BCUT2D eigenvalue weighted by molar-refractivity contribution is 14.1. The number of aryl methyl sites for hydroxylation is 1. The van der Waals surface area contributed by atoms with E-state index in [-0.39, 0.29) is 5.91 Å². The van der Waals surface area contributed by atoms with Crippen molar-refractivity contribution in [2.24, 2.45) is 5.10 Å². The van der Waals surface area contributed by atoms with Crippen LogP contribution >= 0.6 is 22.6 Å². The molecule has 5 nitrogen and oxygen atoms in total. The molecule has 1 aromatic carbocycles. The molecule has 0 bridgehead atoms. The third-order valence-electron chi connectivity index (χ3n) is 3.85. The summed E-state index contributed by atoms with van der Waals surface area (Å²) in [5.74, 6) is -0.282. The average molecular weight is 444 g/mol. The number of pyridine rings is 1. The summed E-state index contributed by atoms with van der Waals surface area (Å²) in [5, 5.41) is 4.07. The maximum Gasteiger partial charge on any atom is 0.272 e. The zero-order valence-corrected chi connectivity index (χ0v) is 16.1. The number of amides is 1. The van der Waals surface area contributed by atoms with Gasteiger partial charge in [0, 0.05) is 38.6 Å². The highest BCUT2D eigenvalue weighted by atomic mass is 127. The zero-order chi connectivity index (χ0) is 17.8. The van der Waals surface area contributed by atoms with Crippen molar-refractivity contribution in [3.05, 3.63) is 80.9 Å². The molecule has 126 valence electrons. The lowest BCUT2D eigenvalue weighted by Crippen LogP contribution is -2.17. The van der Waals surface area contributed by atoms with Gasteiger partial charge in [-0.15, -0.1) is 0 Å². The number of nitrogens with zero attached hydrogens (tertiary/aromatic N) is 3. The van der Waals surface area contributed by atoms with Gasteiger partial charge < -0.3 is 4.57 Å². The Morgan fingerprint density at radius 3 is 2.68 bits per heavy atom. The fraction of sp³-hybridized carbons (Fsp3) is 0.105. The van der Waals surface area contributed by atoms with Crippen molar-refractivity contribution in [2.75, 3.05) is 0 Å². The first kappa shape index (κ1) is 17.3. The van der Waals surface area contributed by atoms with Crippen molar-refractivity contribution in [2.45, 2.75) is 13.8 Å². The smallest absolute Gasteiger partial charge is 0.272 e. The summed E-state index contributed by atoms with van der Waals surface area (Å²) in [5.41, 5.74) is 7.25. The lowest BCUT2D eigenvalue weighted by atomic mass is 10.2. The van der Waals surface area contributed by atoms with E-state index in [9.17, 15) is 4.79 Å². The maximum atomic E-state index is 12.0. The number of halogens is 1.